The molecule has 50 heavy (non-hydrogen) atoms. The average molecular weight is 675 g/mol. The van der Waals surface area contributed by atoms with Gasteiger partial charge in [-0.2, -0.15) is 5.10 Å². The van der Waals surface area contributed by atoms with Crippen molar-refractivity contribution in [3.05, 3.63) is 118 Å². The zero-order valence-corrected chi connectivity index (χ0v) is 30.4. The van der Waals surface area contributed by atoms with Crippen molar-refractivity contribution < 1.29 is 19.1 Å². The maximum absolute atomic E-state index is 14.5. The SMILES string of the molecule is CCCCN(CCCC)C(=O)c1nn(-c2ccc(C(=O)Oc3ccccc3)cc2C(=O)N2CCc3ccccc3C2)c(C)c1C=CC(C)(C)C. The van der Waals surface area contributed by atoms with E-state index in [2.05, 4.69) is 52.8 Å². The van der Waals surface area contributed by atoms with Crippen LogP contribution < -0.4 is 4.74 Å². The molecule has 1 aliphatic rings. The number of aromatic nitrogens is 2. The summed E-state index contributed by atoms with van der Waals surface area (Å²) in [5, 5.41) is 4.97. The van der Waals surface area contributed by atoms with E-state index < -0.39 is 5.97 Å². The lowest BCUT2D eigenvalue weighted by Crippen LogP contribution is -2.36. The Labute approximate surface area is 296 Å². The van der Waals surface area contributed by atoms with Crippen LogP contribution in [0.4, 0.5) is 0 Å². The Hall–Kier alpha value is -4.98. The molecule has 0 spiro atoms. The van der Waals surface area contributed by atoms with Gasteiger partial charge in [0.2, 0.25) is 0 Å². The first kappa shape index (κ1) is 36.3. The van der Waals surface area contributed by atoms with Gasteiger partial charge in [0.25, 0.3) is 11.8 Å². The first-order valence-electron chi connectivity index (χ1n) is 17.9. The van der Waals surface area contributed by atoms with E-state index in [9.17, 15) is 14.4 Å². The number of hydrogen-bond donors (Lipinski definition) is 0. The summed E-state index contributed by atoms with van der Waals surface area (Å²) < 4.78 is 7.36. The van der Waals surface area contributed by atoms with Crippen LogP contribution in [0.15, 0.2) is 78.9 Å². The molecule has 2 amide bonds. The number of benzene rings is 3. The van der Waals surface area contributed by atoms with Crippen molar-refractivity contribution in [1.82, 2.24) is 19.6 Å². The van der Waals surface area contributed by atoms with E-state index in [-0.39, 0.29) is 22.8 Å². The number of unbranched alkanes of at least 4 members (excludes halogenated alkanes) is 2. The number of allylic oxidation sites excluding steroid dienone is 1. The number of para-hydroxylation sites is 1. The Balaban J connectivity index is 1.63. The molecule has 1 aliphatic heterocycles. The van der Waals surface area contributed by atoms with E-state index in [0.29, 0.717) is 48.9 Å². The van der Waals surface area contributed by atoms with Crippen LogP contribution in [0.5, 0.6) is 5.75 Å². The highest BCUT2D eigenvalue weighted by Gasteiger charge is 2.29. The summed E-state index contributed by atoms with van der Waals surface area (Å²) in [5.41, 5.74) is 5.08. The molecule has 4 aromatic rings. The molecular formula is C42H50N4O4. The third kappa shape index (κ3) is 8.59. The number of esters is 1. The Bertz CT molecular complexity index is 1840. The number of carbonyl (C=O) groups is 3. The zero-order chi connectivity index (χ0) is 35.8. The number of nitrogens with zero attached hydrogens (tertiary/aromatic N) is 4. The van der Waals surface area contributed by atoms with Crippen molar-refractivity contribution >= 4 is 23.9 Å². The Morgan fingerprint density at radius 3 is 2.22 bits per heavy atom. The van der Waals surface area contributed by atoms with Crippen LogP contribution in [0.3, 0.4) is 0 Å². The topological polar surface area (TPSA) is 84.7 Å². The highest BCUT2D eigenvalue weighted by molar-refractivity contribution is 6.02. The first-order chi connectivity index (χ1) is 24.0. The fourth-order valence-electron chi connectivity index (χ4n) is 6.12. The lowest BCUT2D eigenvalue weighted by molar-refractivity contribution is 0.0728. The van der Waals surface area contributed by atoms with Gasteiger partial charge in [-0.15, -0.1) is 0 Å². The second kappa shape index (κ2) is 16.2. The Kier molecular flexibility index (Phi) is 11.7. The van der Waals surface area contributed by atoms with Gasteiger partial charge in [-0.05, 0) is 73.1 Å². The lowest BCUT2D eigenvalue weighted by Gasteiger charge is -2.29. The van der Waals surface area contributed by atoms with E-state index in [4.69, 9.17) is 9.84 Å². The van der Waals surface area contributed by atoms with Gasteiger partial charge in [-0.25, -0.2) is 9.48 Å². The third-order valence-corrected chi connectivity index (χ3v) is 9.03. The van der Waals surface area contributed by atoms with Gasteiger partial charge in [0.15, 0.2) is 5.69 Å². The molecule has 0 N–H and O–H groups in total. The number of fused-ring (bicyclic) bond motifs is 1. The summed E-state index contributed by atoms with van der Waals surface area (Å²) >= 11 is 0. The number of ether oxygens (including phenoxy) is 1. The standard InChI is InChI=1S/C42H50N4O4/c1-7-9-25-44(26-10-8-2)40(48)38-35(22-24-42(4,5)6)30(3)46(43-38)37-21-20-32(41(49)50-34-18-12-11-13-19-34)28-36(37)39(47)45-27-23-31-16-14-15-17-33(31)29-45/h11-22,24,28H,7-10,23,25-27,29H2,1-6H3. The predicted octanol–water partition coefficient (Wildman–Crippen LogP) is 8.70. The highest BCUT2D eigenvalue weighted by atomic mass is 16.5. The van der Waals surface area contributed by atoms with Crippen molar-refractivity contribution in [3.8, 4) is 11.4 Å². The molecule has 0 aliphatic carbocycles. The fraction of sp³-hybridized carbons (Fsp3) is 0.381. The molecule has 0 radical (unpaired) electrons. The van der Waals surface area contributed by atoms with E-state index in [1.54, 1.807) is 47.1 Å². The first-order valence-corrected chi connectivity index (χ1v) is 17.9. The van der Waals surface area contributed by atoms with Crippen molar-refractivity contribution in [2.75, 3.05) is 19.6 Å². The molecule has 0 fully saturated rings. The van der Waals surface area contributed by atoms with E-state index >= 15 is 0 Å². The number of carbonyl (C=O) groups excluding carboxylic acids is 3. The summed E-state index contributed by atoms with van der Waals surface area (Å²) in [6.07, 6.45) is 8.57. The molecule has 0 saturated carbocycles. The maximum atomic E-state index is 14.5. The molecular weight excluding hydrogens is 624 g/mol. The molecule has 1 aromatic heterocycles. The van der Waals surface area contributed by atoms with Crippen LogP contribution in [0.25, 0.3) is 11.8 Å². The minimum atomic E-state index is -0.565. The van der Waals surface area contributed by atoms with E-state index in [1.165, 1.54) is 5.56 Å². The van der Waals surface area contributed by atoms with E-state index in [0.717, 1.165) is 48.9 Å². The van der Waals surface area contributed by atoms with Gasteiger partial charge in [-0.3, -0.25) is 9.59 Å². The molecule has 5 rings (SSSR count). The van der Waals surface area contributed by atoms with Crippen molar-refractivity contribution in [2.45, 2.75) is 80.2 Å². The van der Waals surface area contributed by atoms with Gasteiger partial charge in [0.05, 0.1) is 16.8 Å². The third-order valence-electron chi connectivity index (χ3n) is 9.03. The smallest absolute Gasteiger partial charge is 0.343 e. The molecule has 0 saturated heterocycles. The summed E-state index contributed by atoms with van der Waals surface area (Å²) in [5.74, 6) is -0.485. The number of amides is 2. The van der Waals surface area contributed by atoms with Gasteiger partial charge >= 0.3 is 5.97 Å². The van der Waals surface area contributed by atoms with Crippen LogP contribution in [0.2, 0.25) is 0 Å². The molecule has 0 atom stereocenters. The maximum Gasteiger partial charge on any atom is 0.343 e. The Morgan fingerprint density at radius 2 is 1.56 bits per heavy atom. The van der Waals surface area contributed by atoms with Crippen molar-refractivity contribution in [2.24, 2.45) is 5.41 Å². The minimum Gasteiger partial charge on any atom is -0.423 e. The monoisotopic (exact) mass is 674 g/mol. The number of hydrogen-bond acceptors (Lipinski definition) is 5. The van der Waals surface area contributed by atoms with Crippen LogP contribution in [0, 0.1) is 12.3 Å². The van der Waals surface area contributed by atoms with Crippen molar-refractivity contribution in [3.63, 3.8) is 0 Å². The normalized spacial score (nSPS) is 13.0. The van der Waals surface area contributed by atoms with Gasteiger partial charge in [0, 0.05) is 37.4 Å². The number of rotatable bonds is 12. The molecule has 262 valence electrons. The van der Waals surface area contributed by atoms with Gasteiger partial charge in [-0.1, -0.05) is 102 Å². The summed E-state index contributed by atoms with van der Waals surface area (Å²) in [7, 11) is 0. The van der Waals surface area contributed by atoms with Crippen LogP contribution in [0.1, 0.15) is 114 Å². The van der Waals surface area contributed by atoms with E-state index in [1.807, 2.05) is 41.0 Å². The van der Waals surface area contributed by atoms with Gasteiger partial charge in [0.1, 0.15) is 5.75 Å². The van der Waals surface area contributed by atoms with Crippen LogP contribution in [-0.4, -0.2) is 57.0 Å². The molecule has 8 heteroatoms. The fourth-order valence-corrected chi connectivity index (χ4v) is 6.12. The lowest BCUT2D eigenvalue weighted by atomic mass is 9.95. The van der Waals surface area contributed by atoms with Crippen LogP contribution in [-0.2, 0) is 13.0 Å². The predicted molar refractivity (Wildman–Crippen MR) is 199 cm³/mol. The largest absolute Gasteiger partial charge is 0.423 e. The highest BCUT2D eigenvalue weighted by Crippen LogP contribution is 2.29. The van der Waals surface area contributed by atoms with Crippen molar-refractivity contribution in [1.29, 1.82) is 0 Å². The minimum absolute atomic E-state index is 0.120. The molecule has 2 heterocycles. The second-order valence-electron chi connectivity index (χ2n) is 14.1. The summed E-state index contributed by atoms with van der Waals surface area (Å²) in [6, 6.07) is 22.0. The van der Waals surface area contributed by atoms with Gasteiger partial charge < -0.3 is 14.5 Å². The summed E-state index contributed by atoms with van der Waals surface area (Å²) in [4.78, 5) is 45.9. The zero-order valence-electron chi connectivity index (χ0n) is 30.4. The molecule has 0 unspecified atom stereocenters. The van der Waals surface area contributed by atoms with Crippen LogP contribution >= 0.6 is 0 Å². The average Bonchev–Trinajstić information content (AvgIpc) is 3.45. The molecule has 3 aromatic carbocycles. The Morgan fingerprint density at radius 1 is 0.900 bits per heavy atom. The summed E-state index contributed by atoms with van der Waals surface area (Å²) in [6.45, 7) is 14.8. The molecule has 0 bridgehead atoms. The quantitative estimate of drug-likeness (QED) is 0.111. The molecule has 8 nitrogen and oxygen atoms in total. The second-order valence-corrected chi connectivity index (χ2v) is 14.1.